The smallest absolute Gasteiger partial charge is 0.245 e. The molecule has 1 unspecified atom stereocenters. The second-order valence-corrected chi connectivity index (χ2v) is 7.51. The van der Waals surface area contributed by atoms with E-state index in [0.717, 1.165) is 29.6 Å². The van der Waals surface area contributed by atoms with Crippen LogP contribution in [0.1, 0.15) is 19.3 Å². The van der Waals surface area contributed by atoms with Crippen LogP contribution in [-0.4, -0.2) is 39.0 Å². The molecule has 2 N–H and O–H groups in total. The molecule has 1 fully saturated rings. The molecule has 0 aromatic heterocycles. The van der Waals surface area contributed by atoms with E-state index in [1.54, 1.807) is 0 Å². The molecular formula is C13H18ClFN2O3S. The van der Waals surface area contributed by atoms with Crippen LogP contribution in [0.25, 0.3) is 0 Å². The van der Waals surface area contributed by atoms with Crippen LogP contribution in [-0.2, 0) is 14.8 Å². The third kappa shape index (κ3) is 3.66. The average Bonchev–Trinajstić information content (AvgIpc) is 2.43. The highest BCUT2D eigenvalue weighted by Crippen LogP contribution is 2.28. The number of ether oxygens (including phenoxy) is 1. The summed E-state index contributed by atoms with van der Waals surface area (Å²) < 4.78 is 45.5. The summed E-state index contributed by atoms with van der Waals surface area (Å²) in [5, 5.41) is -0.309. The van der Waals surface area contributed by atoms with E-state index < -0.39 is 20.7 Å². The van der Waals surface area contributed by atoms with Gasteiger partial charge in [0, 0.05) is 25.9 Å². The highest BCUT2D eigenvalue weighted by atomic mass is 35.5. The minimum atomic E-state index is -4.00. The van der Waals surface area contributed by atoms with E-state index in [9.17, 15) is 12.8 Å². The molecule has 2 rings (SSSR count). The van der Waals surface area contributed by atoms with Gasteiger partial charge in [0.15, 0.2) is 5.82 Å². The average molecular weight is 337 g/mol. The topological polar surface area (TPSA) is 72.6 Å². The van der Waals surface area contributed by atoms with Crippen LogP contribution in [0, 0.1) is 5.82 Å². The number of hydrogen-bond donors (Lipinski definition) is 1. The highest BCUT2D eigenvalue weighted by molar-refractivity contribution is 7.89. The second-order valence-electron chi connectivity index (χ2n) is 5.09. The molecule has 21 heavy (non-hydrogen) atoms. The summed E-state index contributed by atoms with van der Waals surface area (Å²) in [5.74, 6) is -0.984. The first kappa shape index (κ1) is 16.5. The van der Waals surface area contributed by atoms with E-state index >= 15 is 0 Å². The summed E-state index contributed by atoms with van der Waals surface area (Å²) in [4.78, 5) is -0.509. The molecule has 0 saturated carbocycles. The van der Waals surface area contributed by atoms with Gasteiger partial charge in [-0.05, 0) is 31.4 Å². The van der Waals surface area contributed by atoms with Crippen LogP contribution in [0.5, 0.6) is 0 Å². The molecule has 0 aliphatic carbocycles. The zero-order chi connectivity index (χ0) is 15.6. The summed E-state index contributed by atoms with van der Waals surface area (Å²) in [6.45, 7) is 0.797. The zero-order valence-electron chi connectivity index (χ0n) is 11.7. The lowest BCUT2D eigenvalue weighted by molar-refractivity contribution is 0.00856. The van der Waals surface area contributed by atoms with Crippen molar-refractivity contribution in [3.8, 4) is 0 Å². The summed E-state index contributed by atoms with van der Waals surface area (Å²) >= 11 is 5.66. The van der Waals surface area contributed by atoms with Crippen LogP contribution in [0.4, 0.5) is 10.1 Å². The van der Waals surface area contributed by atoms with Gasteiger partial charge in [0.1, 0.15) is 4.90 Å². The standard InChI is InChI=1S/C13H18ClFN2O3S/c1-17(8-10-4-2-3-5-20-10)21(18,19)12-7-9(16)6-11(14)13(12)15/h6-7,10H,2-5,8,16H2,1H3. The second kappa shape index (κ2) is 6.48. The SMILES string of the molecule is CN(CC1CCCCO1)S(=O)(=O)c1cc(N)cc(Cl)c1F. The largest absolute Gasteiger partial charge is 0.399 e. The molecule has 5 nitrogen and oxygen atoms in total. The Morgan fingerprint density at radius 2 is 2.19 bits per heavy atom. The maximum absolute atomic E-state index is 14.0. The van der Waals surface area contributed by atoms with E-state index in [1.807, 2.05) is 0 Å². The first-order valence-electron chi connectivity index (χ1n) is 6.65. The zero-order valence-corrected chi connectivity index (χ0v) is 13.3. The first-order chi connectivity index (χ1) is 9.82. The van der Waals surface area contributed by atoms with Crippen molar-refractivity contribution in [3.63, 3.8) is 0 Å². The van der Waals surface area contributed by atoms with Crippen molar-refractivity contribution in [1.29, 1.82) is 0 Å². The third-order valence-corrected chi connectivity index (χ3v) is 5.54. The molecule has 118 valence electrons. The minimum absolute atomic E-state index is 0.0993. The lowest BCUT2D eigenvalue weighted by Crippen LogP contribution is -2.37. The van der Waals surface area contributed by atoms with Crippen LogP contribution < -0.4 is 5.73 Å². The van der Waals surface area contributed by atoms with Gasteiger partial charge in [0.2, 0.25) is 10.0 Å². The molecule has 0 radical (unpaired) electrons. The maximum Gasteiger partial charge on any atom is 0.245 e. The number of nitrogen functional groups attached to an aromatic ring is 1. The number of halogens is 2. The molecule has 1 saturated heterocycles. The van der Waals surface area contributed by atoms with Gasteiger partial charge in [0.25, 0.3) is 0 Å². The molecule has 1 aromatic carbocycles. The van der Waals surface area contributed by atoms with Crippen molar-refractivity contribution in [3.05, 3.63) is 23.0 Å². The van der Waals surface area contributed by atoms with Gasteiger partial charge in [0.05, 0.1) is 11.1 Å². The molecule has 0 spiro atoms. The van der Waals surface area contributed by atoms with Gasteiger partial charge in [-0.15, -0.1) is 0 Å². The fourth-order valence-electron chi connectivity index (χ4n) is 2.28. The van der Waals surface area contributed by atoms with Crippen molar-refractivity contribution in [2.75, 3.05) is 25.9 Å². The molecule has 1 atom stereocenters. The number of hydrogen-bond acceptors (Lipinski definition) is 4. The summed E-state index contributed by atoms with van der Waals surface area (Å²) in [6.07, 6.45) is 2.60. The van der Waals surface area contributed by atoms with Crippen LogP contribution >= 0.6 is 11.6 Å². The van der Waals surface area contributed by atoms with E-state index in [1.165, 1.54) is 13.1 Å². The van der Waals surface area contributed by atoms with Crippen LogP contribution in [0.15, 0.2) is 17.0 Å². The molecule has 0 amide bonds. The number of rotatable bonds is 4. The molecule has 1 aliphatic rings. The lowest BCUT2D eigenvalue weighted by atomic mass is 10.1. The Hall–Kier alpha value is -0.890. The van der Waals surface area contributed by atoms with Crippen LogP contribution in [0.2, 0.25) is 5.02 Å². The number of sulfonamides is 1. The Morgan fingerprint density at radius 3 is 2.81 bits per heavy atom. The van der Waals surface area contributed by atoms with Gasteiger partial charge < -0.3 is 10.5 Å². The fraction of sp³-hybridized carbons (Fsp3) is 0.538. The maximum atomic E-state index is 14.0. The summed E-state index contributed by atoms with van der Waals surface area (Å²) in [6, 6.07) is 2.26. The Labute approximate surface area is 128 Å². The van der Waals surface area contributed by atoms with Crippen molar-refractivity contribution >= 4 is 27.3 Å². The summed E-state index contributed by atoms with van der Waals surface area (Å²) in [7, 11) is -2.61. The Balaban J connectivity index is 2.24. The first-order valence-corrected chi connectivity index (χ1v) is 8.46. The van der Waals surface area contributed by atoms with Gasteiger partial charge in [-0.2, -0.15) is 4.31 Å². The number of benzene rings is 1. The van der Waals surface area contributed by atoms with E-state index in [0.29, 0.717) is 6.61 Å². The predicted molar refractivity (Wildman–Crippen MR) is 79.2 cm³/mol. The van der Waals surface area contributed by atoms with Crippen molar-refractivity contribution in [2.24, 2.45) is 0 Å². The molecule has 1 heterocycles. The van der Waals surface area contributed by atoms with Crippen LogP contribution in [0.3, 0.4) is 0 Å². The predicted octanol–water partition coefficient (Wildman–Crippen LogP) is 2.25. The molecule has 1 aromatic rings. The van der Waals surface area contributed by atoms with Gasteiger partial charge in [-0.1, -0.05) is 11.6 Å². The molecule has 0 bridgehead atoms. The van der Waals surface area contributed by atoms with Crippen molar-refractivity contribution in [2.45, 2.75) is 30.3 Å². The Kier molecular flexibility index (Phi) is 5.08. The lowest BCUT2D eigenvalue weighted by Gasteiger charge is -2.27. The molecule has 1 aliphatic heterocycles. The van der Waals surface area contributed by atoms with E-state index in [-0.39, 0.29) is 23.4 Å². The Bertz CT molecular complexity index is 618. The fourth-order valence-corrected chi connectivity index (χ4v) is 3.88. The number of nitrogens with zero attached hydrogens (tertiary/aromatic N) is 1. The van der Waals surface area contributed by atoms with Crippen molar-refractivity contribution in [1.82, 2.24) is 4.31 Å². The van der Waals surface area contributed by atoms with E-state index in [4.69, 9.17) is 22.1 Å². The number of nitrogens with two attached hydrogens (primary N) is 1. The monoisotopic (exact) mass is 336 g/mol. The molecular weight excluding hydrogens is 319 g/mol. The van der Waals surface area contributed by atoms with Crippen molar-refractivity contribution < 1.29 is 17.5 Å². The number of likely N-dealkylation sites (N-methyl/N-ethyl adjacent to an activating group) is 1. The normalized spacial score (nSPS) is 19.9. The van der Waals surface area contributed by atoms with E-state index in [2.05, 4.69) is 0 Å². The minimum Gasteiger partial charge on any atom is -0.399 e. The summed E-state index contributed by atoms with van der Waals surface area (Å²) in [5.41, 5.74) is 5.65. The van der Waals surface area contributed by atoms with Gasteiger partial charge in [-0.25, -0.2) is 12.8 Å². The highest BCUT2D eigenvalue weighted by Gasteiger charge is 2.29. The number of anilines is 1. The molecule has 8 heteroatoms. The van der Waals surface area contributed by atoms with Gasteiger partial charge in [-0.3, -0.25) is 0 Å². The van der Waals surface area contributed by atoms with Gasteiger partial charge >= 0.3 is 0 Å². The quantitative estimate of drug-likeness (QED) is 0.856. The Morgan fingerprint density at radius 1 is 1.48 bits per heavy atom. The third-order valence-electron chi connectivity index (χ3n) is 3.44.